The first kappa shape index (κ1) is 15.7. The molecule has 1 aromatic carbocycles. The van der Waals surface area contributed by atoms with Crippen molar-refractivity contribution in [3.05, 3.63) is 35.4 Å². The van der Waals surface area contributed by atoms with E-state index in [-0.39, 0.29) is 6.42 Å². The van der Waals surface area contributed by atoms with Crippen LogP contribution in [-0.2, 0) is 14.3 Å². The maximum Gasteiger partial charge on any atom is 0.314 e. The summed E-state index contributed by atoms with van der Waals surface area (Å²) >= 11 is 0. The van der Waals surface area contributed by atoms with Crippen LogP contribution in [0.1, 0.15) is 44.2 Å². The van der Waals surface area contributed by atoms with E-state index in [0.29, 0.717) is 11.1 Å². The first-order valence-corrected chi connectivity index (χ1v) is 6.17. The number of carbonyl (C=O) groups is 2. The molecule has 0 aliphatic heterocycles. The van der Waals surface area contributed by atoms with Crippen molar-refractivity contribution in [1.29, 1.82) is 5.26 Å². The molecule has 5 heteroatoms. The van der Waals surface area contributed by atoms with E-state index in [1.54, 1.807) is 45.0 Å². The van der Waals surface area contributed by atoms with E-state index in [9.17, 15) is 9.59 Å². The van der Waals surface area contributed by atoms with Gasteiger partial charge in [0.15, 0.2) is 0 Å². The summed E-state index contributed by atoms with van der Waals surface area (Å²) in [6.07, 6.45) is -0.346. The lowest BCUT2D eigenvalue weighted by Gasteiger charge is -2.23. The van der Waals surface area contributed by atoms with Crippen molar-refractivity contribution >= 4 is 11.9 Å². The molecular formula is C15H17NO4. The zero-order valence-electron chi connectivity index (χ0n) is 11.7. The Bertz CT molecular complexity index is 534. The zero-order chi connectivity index (χ0) is 15.3. The molecule has 1 atom stereocenters. The minimum Gasteiger partial charge on any atom is -0.481 e. The van der Waals surface area contributed by atoms with Gasteiger partial charge in [0.25, 0.3) is 0 Å². The highest BCUT2D eigenvalue weighted by molar-refractivity contribution is 5.84. The maximum absolute atomic E-state index is 12.1. The Hall–Kier alpha value is -2.35. The summed E-state index contributed by atoms with van der Waals surface area (Å²) < 4.78 is 5.24. The number of carboxylic acids is 1. The van der Waals surface area contributed by atoms with Gasteiger partial charge in [-0.3, -0.25) is 9.59 Å². The Morgan fingerprint density at radius 2 is 1.85 bits per heavy atom. The molecule has 0 heterocycles. The van der Waals surface area contributed by atoms with Gasteiger partial charge in [0.2, 0.25) is 0 Å². The predicted octanol–water partition coefficient (Wildman–Crippen LogP) is 2.46. The third-order valence-electron chi connectivity index (χ3n) is 2.51. The Labute approximate surface area is 117 Å². The van der Waals surface area contributed by atoms with Gasteiger partial charge in [0, 0.05) is 0 Å². The minimum atomic E-state index is -1.08. The molecule has 1 N–H and O–H groups in total. The average molecular weight is 275 g/mol. The number of nitrogens with zero attached hydrogens (tertiary/aromatic N) is 1. The topological polar surface area (TPSA) is 87.4 Å². The van der Waals surface area contributed by atoms with Crippen LogP contribution >= 0.6 is 0 Å². The number of esters is 1. The first-order chi connectivity index (χ1) is 9.23. The molecule has 0 bridgehead atoms. The molecule has 20 heavy (non-hydrogen) atoms. The van der Waals surface area contributed by atoms with Gasteiger partial charge in [-0.05, 0) is 38.5 Å². The Morgan fingerprint density at radius 3 is 2.25 bits per heavy atom. The van der Waals surface area contributed by atoms with E-state index in [1.165, 1.54) is 0 Å². The summed E-state index contributed by atoms with van der Waals surface area (Å²) in [5.41, 5.74) is 0.299. The van der Waals surface area contributed by atoms with E-state index >= 15 is 0 Å². The molecule has 0 amide bonds. The zero-order valence-corrected chi connectivity index (χ0v) is 11.7. The lowest BCUT2D eigenvalue weighted by molar-refractivity contribution is -0.159. The lowest BCUT2D eigenvalue weighted by Crippen LogP contribution is -2.29. The molecular weight excluding hydrogens is 258 g/mol. The molecule has 106 valence electrons. The number of hydrogen-bond acceptors (Lipinski definition) is 4. The molecule has 0 spiro atoms. The van der Waals surface area contributed by atoms with Crippen LogP contribution in [0.25, 0.3) is 0 Å². The number of ether oxygens (including phenoxy) is 1. The SMILES string of the molecule is CC(C)(C)OC(=O)[C@H](CC(=O)O)c1ccc(C#N)cc1. The van der Waals surface area contributed by atoms with Crippen molar-refractivity contribution < 1.29 is 19.4 Å². The summed E-state index contributed by atoms with van der Waals surface area (Å²) in [5.74, 6) is -2.53. The number of hydrogen-bond donors (Lipinski definition) is 1. The molecule has 0 fully saturated rings. The van der Waals surface area contributed by atoms with Crippen molar-refractivity contribution in [3.8, 4) is 6.07 Å². The van der Waals surface area contributed by atoms with E-state index in [4.69, 9.17) is 15.1 Å². The van der Waals surface area contributed by atoms with Gasteiger partial charge in [-0.2, -0.15) is 5.26 Å². The van der Waals surface area contributed by atoms with Crippen LogP contribution in [0.15, 0.2) is 24.3 Å². The van der Waals surface area contributed by atoms with Crippen LogP contribution in [0.2, 0.25) is 0 Å². The van der Waals surface area contributed by atoms with Gasteiger partial charge >= 0.3 is 11.9 Å². The third kappa shape index (κ3) is 4.73. The molecule has 0 saturated carbocycles. The van der Waals surface area contributed by atoms with E-state index in [0.717, 1.165) is 0 Å². The summed E-state index contributed by atoms with van der Waals surface area (Å²) in [6.45, 7) is 5.17. The van der Waals surface area contributed by atoms with Crippen LogP contribution in [0, 0.1) is 11.3 Å². The van der Waals surface area contributed by atoms with Crippen molar-refractivity contribution in [3.63, 3.8) is 0 Å². The summed E-state index contributed by atoms with van der Waals surface area (Å²) in [7, 11) is 0. The number of carboxylic acid groups (broad SMARTS) is 1. The van der Waals surface area contributed by atoms with Crippen molar-refractivity contribution in [1.82, 2.24) is 0 Å². The molecule has 1 aromatic rings. The van der Waals surface area contributed by atoms with Gasteiger partial charge in [-0.25, -0.2) is 0 Å². The maximum atomic E-state index is 12.1. The quantitative estimate of drug-likeness (QED) is 0.853. The van der Waals surface area contributed by atoms with Gasteiger partial charge in [-0.1, -0.05) is 12.1 Å². The first-order valence-electron chi connectivity index (χ1n) is 6.17. The second kappa shape index (κ2) is 6.20. The van der Waals surface area contributed by atoms with E-state index in [1.807, 2.05) is 6.07 Å². The number of rotatable bonds is 4. The Kier molecular flexibility index (Phi) is 4.87. The summed E-state index contributed by atoms with van der Waals surface area (Å²) in [6, 6.07) is 8.23. The number of benzene rings is 1. The summed E-state index contributed by atoms with van der Waals surface area (Å²) in [5, 5.41) is 17.7. The Balaban J connectivity index is 3.02. The smallest absolute Gasteiger partial charge is 0.314 e. The fraction of sp³-hybridized carbons (Fsp3) is 0.400. The highest BCUT2D eigenvalue weighted by atomic mass is 16.6. The van der Waals surface area contributed by atoms with Gasteiger partial charge in [0.05, 0.1) is 24.0 Å². The molecule has 0 aromatic heterocycles. The standard InChI is InChI=1S/C15H17NO4/c1-15(2,3)20-14(19)12(8-13(17)18)11-6-4-10(9-16)5-7-11/h4-7,12H,8H2,1-3H3,(H,17,18)/t12-/m1/s1. The molecule has 0 unspecified atom stereocenters. The fourth-order valence-electron chi connectivity index (χ4n) is 1.67. The number of nitriles is 1. The average Bonchev–Trinajstić information content (AvgIpc) is 2.34. The highest BCUT2D eigenvalue weighted by Gasteiger charge is 2.28. The van der Waals surface area contributed by atoms with E-state index in [2.05, 4.69) is 0 Å². The second-order valence-electron chi connectivity index (χ2n) is 5.42. The normalized spacial score (nSPS) is 12.3. The second-order valence-corrected chi connectivity index (χ2v) is 5.42. The molecule has 0 radical (unpaired) electrons. The highest BCUT2D eigenvalue weighted by Crippen LogP contribution is 2.24. The van der Waals surface area contributed by atoms with Crippen molar-refractivity contribution in [2.24, 2.45) is 0 Å². The molecule has 5 nitrogen and oxygen atoms in total. The van der Waals surface area contributed by atoms with Crippen LogP contribution in [0.5, 0.6) is 0 Å². The Morgan fingerprint density at radius 1 is 1.30 bits per heavy atom. The van der Waals surface area contributed by atoms with Crippen LogP contribution in [0.4, 0.5) is 0 Å². The van der Waals surface area contributed by atoms with Gasteiger partial charge in [-0.15, -0.1) is 0 Å². The molecule has 1 rings (SSSR count). The van der Waals surface area contributed by atoms with E-state index < -0.39 is 23.5 Å². The molecule has 0 aliphatic carbocycles. The van der Waals surface area contributed by atoms with Gasteiger partial charge < -0.3 is 9.84 Å². The third-order valence-corrected chi connectivity index (χ3v) is 2.51. The fourth-order valence-corrected chi connectivity index (χ4v) is 1.67. The largest absolute Gasteiger partial charge is 0.481 e. The monoisotopic (exact) mass is 275 g/mol. The number of aliphatic carboxylic acids is 1. The summed E-state index contributed by atoms with van der Waals surface area (Å²) in [4.78, 5) is 23.0. The lowest BCUT2D eigenvalue weighted by atomic mass is 9.94. The van der Waals surface area contributed by atoms with Crippen LogP contribution in [0.3, 0.4) is 0 Å². The number of carbonyl (C=O) groups excluding carboxylic acids is 1. The van der Waals surface area contributed by atoms with Crippen molar-refractivity contribution in [2.45, 2.75) is 38.7 Å². The van der Waals surface area contributed by atoms with Crippen LogP contribution < -0.4 is 0 Å². The molecule has 0 aliphatic rings. The van der Waals surface area contributed by atoms with Crippen LogP contribution in [-0.4, -0.2) is 22.6 Å². The predicted molar refractivity (Wildman–Crippen MR) is 72.0 cm³/mol. The molecule has 0 saturated heterocycles. The van der Waals surface area contributed by atoms with Gasteiger partial charge in [0.1, 0.15) is 5.60 Å². The van der Waals surface area contributed by atoms with Crippen molar-refractivity contribution in [2.75, 3.05) is 0 Å². The minimum absolute atomic E-state index is 0.346.